The van der Waals surface area contributed by atoms with Gasteiger partial charge in [0.2, 0.25) is 0 Å². The molecule has 1 aliphatic rings. The molecular weight excluding hydrogens is 444 g/mol. The van der Waals surface area contributed by atoms with Crippen LogP contribution in [0.4, 0.5) is 0 Å². The largest absolute Gasteiger partial charge is 0.507 e. The standard InChI is InChI=1S/C25H21ClN2O5/c1-32-19-10-7-17(12-20(19)33-2)22-21(23(29)16-5-8-18(26)9-6-16)24(30)25(31)28(22)14-15-4-3-11-27-13-15/h3-13,22,29H,14H2,1-2H3/b23-21+. The van der Waals surface area contributed by atoms with E-state index in [9.17, 15) is 14.7 Å². The Morgan fingerprint density at radius 3 is 2.42 bits per heavy atom. The molecule has 8 heteroatoms. The summed E-state index contributed by atoms with van der Waals surface area (Å²) >= 11 is 5.97. The van der Waals surface area contributed by atoms with E-state index in [1.807, 2.05) is 6.07 Å². The number of amides is 1. The molecule has 168 valence electrons. The Morgan fingerprint density at radius 1 is 1.06 bits per heavy atom. The second-order valence-corrected chi connectivity index (χ2v) is 7.85. The number of likely N-dealkylation sites (tertiary alicyclic amines) is 1. The minimum atomic E-state index is -0.847. The zero-order chi connectivity index (χ0) is 23.5. The molecule has 1 atom stereocenters. The van der Waals surface area contributed by atoms with Gasteiger partial charge in [-0.2, -0.15) is 0 Å². The number of ether oxygens (including phenoxy) is 2. The number of pyridine rings is 1. The van der Waals surface area contributed by atoms with Crippen molar-refractivity contribution in [2.45, 2.75) is 12.6 Å². The summed E-state index contributed by atoms with van der Waals surface area (Å²) < 4.78 is 10.7. The van der Waals surface area contributed by atoms with E-state index in [0.29, 0.717) is 27.6 Å². The van der Waals surface area contributed by atoms with Crippen LogP contribution in [0.5, 0.6) is 11.5 Å². The van der Waals surface area contributed by atoms with Gasteiger partial charge in [-0.15, -0.1) is 0 Å². The minimum Gasteiger partial charge on any atom is -0.507 e. The number of hydrogen-bond donors (Lipinski definition) is 1. The predicted octanol–water partition coefficient (Wildman–Crippen LogP) is 4.37. The molecule has 1 aromatic heterocycles. The van der Waals surface area contributed by atoms with Crippen molar-refractivity contribution in [3.05, 3.63) is 94.3 Å². The molecule has 1 unspecified atom stereocenters. The third-order valence-corrected chi connectivity index (χ3v) is 5.71. The van der Waals surface area contributed by atoms with Gasteiger partial charge in [-0.25, -0.2) is 0 Å². The van der Waals surface area contributed by atoms with Crippen molar-refractivity contribution in [2.75, 3.05) is 14.2 Å². The fourth-order valence-corrected chi connectivity index (χ4v) is 3.99. The number of aromatic nitrogens is 1. The summed E-state index contributed by atoms with van der Waals surface area (Å²) in [6.45, 7) is 0.134. The lowest BCUT2D eigenvalue weighted by atomic mass is 9.95. The number of ketones is 1. The van der Waals surface area contributed by atoms with Gasteiger partial charge in [-0.1, -0.05) is 23.7 Å². The SMILES string of the molecule is COc1ccc(C2/C(=C(\O)c3ccc(Cl)cc3)C(=O)C(=O)N2Cc2cccnc2)cc1OC. The first kappa shape index (κ1) is 22.4. The maximum atomic E-state index is 13.1. The second-order valence-electron chi connectivity index (χ2n) is 7.41. The van der Waals surface area contributed by atoms with E-state index in [2.05, 4.69) is 4.98 Å². The van der Waals surface area contributed by atoms with Crippen molar-refractivity contribution < 1.29 is 24.2 Å². The molecule has 33 heavy (non-hydrogen) atoms. The van der Waals surface area contributed by atoms with Crippen molar-refractivity contribution in [1.29, 1.82) is 0 Å². The molecule has 1 fully saturated rings. The highest BCUT2D eigenvalue weighted by Gasteiger charge is 2.46. The Bertz CT molecular complexity index is 1230. The summed E-state index contributed by atoms with van der Waals surface area (Å²) in [5.41, 5.74) is 1.70. The number of aliphatic hydroxyl groups excluding tert-OH is 1. The number of benzene rings is 2. The monoisotopic (exact) mass is 464 g/mol. The topological polar surface area (TPSA) is 89.0 Å². The number of aliphatic hydroxyl groups is 1. The highest BCUT2D eigenvalue weighted by Crippen LogP contribution is 2.42. The average molecular weight is 465 g/mol. The van der Waals surface area contributed by atoms with Crippen molar-refractivity contribution in [1.82, 2.24) is 9.88 Å². The van der Waals surface area contributed by atoms with E-state index in [4.69, 9.17) is 21.1 Å². The van der Waals surface area contributed by atoms with E-state index < -0.39 is 17.7 Å². The second kappa shape index (κ2) is 9.34. The van der Waals surface area contributed by atoms with Crippen LogP contribution in [0.3, 0.4) is 0 Å². The maximum absolute atomic E-state index is 13.1. The lowest BCUT2D eigenvalue weighted by molar-refractivity contribution is -0.140. The Labute approximate surface area is 195 Å². The number of carbonyl (C=O) groups excluding carboxylic acids is 2. The first-order valence-electron chi connectivity index (χ1n) is 10.1. The van der Waals surface area contributed by atoms with E-state index >= 15 is 0 Å². The van der Waals surface area contributed by atoms with Gasteiger partial charge in [0.05, 0.1) is 25.8 Å². The third kappa shape index (κ3) is 4.27. The smallest absolute Gasteiger partial charge is 0.295 e. The van der Waals surface area contributed by atoms with Crippen LogP contribution in [0.2, 0.25) is 5.02 Å². The van der Waals surface area contributed by atoms with Crippen LogP contribution in [0.1, 0.15) is 22.7 Å². The van der Waals surface area contributed by atoms with E-state index in [1.165, 1.54) is 19.1 Å². The molecule has 0 aliphatic carbocycles. The van der Waals surface area contributed by atoms with Gasteiger partial charge >= 0.3 is 0 Å². The summed E-state index contributed by atoms with van der Waals surface area (Å²) in [6, 6.07) is 14.3. The van der Waals surface area contributed by atoms with Gasteiger partial charge < -0.3 is 19.5 Å². The van der Waals surface area contributed by atoms with Crippen LogP contribution >= 0.6 is 11.6 Å². The Hall–Kier alpha value is -3.84. The molecule has 2 aromatic carbocycles. The van der Waals surface area contributed by atoms with E-state index in [1.54, 1.807) is 60.9 Å². The molecule has 1 N–H and O–H groups in total. The maximum Gasteiger partial charge on any atom is 0.295 e. The first-order chi connectivity index (χ1) is 15.9. The number of Topliss-reactive ketones (excluding diaryl/α,β-unsaturated/α-hetero) is 1. The molecular formula is C25H21ClN2O5. The average Bonchev–Trinajstić information content (AvgIpc) is 3.09. The lowest BCUT2D eigenvalue weighted by Crippen LogP contribution is -2.29. The van der Waals surface area contributed by atoms with Crippen molar-refractivity contribution >= 4 is 29.1 Å². The Balaban J connectivity index is 1.89. The third-order valence-electron chi connectivity index (χ3n) is 5.46. The van der Waals surface area contributed by atoms with Crippen LogP contribution < -0.4 is 9.47 Å². The van der Waals surface area contributed by atoms with Crippen LogP contribution in [-0.4, -0.2) is 40.9 Å². The number of nitrogens with zero attached hydrogens (tertiary/aromatic N) is 2. The van der Waals surface area contributed by atoms with Crippen molar-refractivity contribution in [3.8, 4) is 11.5 Å². The molecule has 1 saturated heterocycles. The summed E-state index contributed by atoms with van der Waals surface area (Å²) in [4.78, 5) is 31.8. The molecule has 0 spiro atoms. The number of methoxy groups -OCH3 is 2. The minimum absolute atomic E-state index is 0.0153. The molecule has 3 aromatic rings. The molecule has 0 radical (unpaired) electrons. The van der Waals surface area contributed by atoms with Crippen LogP contribution in [-0.2, 0) is 16.1 Å². The summed E-state index contributed by atoms with van der Waals surface area (Å²) in [5.74, 6) is -0.824. The van der Waals surface area contributed by atoms with Gasteiger partial charge in [0.15, 0.2) is 11.5 Å². The molecule has 1 aliphatic heterocycles. The fraction of sp³-hybridized carbons (Fsp3) is 0.160. The highest BCUT2D eigenvalue weighted by atomic mass is 35.5. The van der Waals surface area contributed by atoms with Gasteiger partial charge in [0, 0.05) is 29.5 Å². The lowest BCUT2D eigenvalue weighted by Gasteiger charge is -2.26. The molecule has 7 nitrogen and oxygen atoms in total. The fourth-order valence-electron chi connectivity index (χ4n) is 3.86. The summed E-state index contributed by atoms with van der Waals surface area (Å²) in [5, 5.41) is 11.6. The van der Waals surface area contributed by atoms with Crippen LogP contribution in [0.25, 0.3) is 5.76 Å². The van der Waals surface area contributed by atoms with Gasteiger partial charge in [0.25, 0.3) is 11.7 Å². The van der Waals surface area contributed by atoms with Gasteiger partial charge in [-0.3, -0.25) is 14.6 Å². The van der Waals surface area contributed by atoms with Crippen molar-refractivity contribution in [3.63, 3.8) is 0 Å². The van der Waals surface area contributed by atoms with Gasteiger partial charge in [-0.05, 0) is 53.6 Å². The van der Waals surface area contributed by atoms with Crippen molar-refractivity contribution in [2.24, 2.45) is 0 Å². The molecule has 4 rings (SSSR count). The summed E-state index contributed by atoms with van der Waals surface area (Å²) in [6.07, 6.45) is 3.26. The van der Waals surface area contributed by atoms with E-state index in [0.717, 1.165) is 5.56 Å². The quantitative estimate of drug-likeness (QED) is 0.331. The van der Waals surface area contributed by atoms with Crippen LogP contribution in [0, 0.1) is 0 Å². The molecule has 1 amide bonds. The Kier molecular flexibility index (Phi) is 6.33. The number of carbonyl (C=O) groups is 2. The van der Waals surface area contributed by atoms with Crippen LogP contribution in [0.15, 0.2) is 72.6 Å². The number of rotatable bonds is 6. The summed E-state index contributed by atoms with van der Waals surface area (Å²) in [7, 11) is 3.02. The van der Waals surface area contributed by atoms with E-state index in [-0.39, 0.29) is 17.9 Å². The number of hydrogen-bond acceptors (Lipinski definition) is 6. The first-order valence-corrected chi connectivity index (χ1v) is 10.5. The zero-order valence-corrected chi connectivity index (χ0v) is 18.7. The molecule has 2 heterocycles. The molecule has 0 saturated carbocycles. The Morgan fingerprint density at radius 2 is 1.79 bits per heavy atom. The predicted molar refractivity (Wildman–Crippen MR) is 123 cm³/mol. The zero-order valence-electron chi connectivity index (χ0n) is 18.0. The molecule has 0 bridgehead atoms. The number of halogens is 1. The highest BCUT2D eigenvalue weighted by molar-refractivity contribution is 6.46. The normalized spacial score (nSPS) is 17.3. The van der Waals surface area contributed by atoms with Gasteiger partial charge in [0.1, 0.15) is 5.76 Å².